The van der Waals surface area contributed by atoms with Gasteiger partial charge in [0.05, 0.1) is 4.47 Å². The van der Waals surface area contributed by atoms with Gasteiger partial charge in [0.1, 0.15) is 10.3 Å². The van der Waals surface area contributed by atoms with Crippen LogP contribution in [0.2, 0.25) is 0 Å². The van der Waals surface area contributed by atoms with Crippen molar-refractivity contribution in [1.82, 2.24) is 15.0 Å². The van der Waals surface area contributed by atoms with Crippen LogP contribution in [0.4, 0.5) is 0 Å². The number of aromatic nitrogens is 3. The first-order valence-electron chi connectivity index (χ1n) is 6.57. The fraction of sp³-hybridized carbons (Fsp3) is 0.357. The largest absolute Gasteiger partial charge is 0.340 e. The molecule has 0 spiro atoms. The summed E-state index contributed by atoms with van der Waals surface area (Å²) in [5.74, 6) is 1.27. The molecule has 0 unspecified atom stereocenters. The monoisotopic (exact) mass is 413 g/mol. The Hall–Kier alpha value is -0.590. The van der Waals surface area contributed by atoms with Crippen molar-refractivity contribution in [3.8, 4) is 11.5 Å². The molecule has 0 amide bonds. The minimum atomic E-state index is 0.537. The molecule has 3 nitrogen and oxygen atoms in total. The van der Waals surface area contributed by atoms with E-state index in [1.165, 1.54) is 25.7 Å². The third-order valence-electron chi connectivity index (χ3n) is 3.64. The van der Waals surface area contributed by atoms with Gasteiger partial charge in [-0.2, -0.15) is 0 Å². The SMILES string of the molecule is S=c1nc(-c2ncccc2Br)[nH]c(C2CCCC2)c1Br. The van der Waals surface area contributed by atoms with E-state index in [0.717, 1.165) is 26.2 Å². The van der Waals surface area contributed by atoms with Gasteiger partial charge in [0, 0.05) is 22.3 Å². The Balaban J connectivity index is 2.14. The topological polar surface area (TPSA) is 41.6 Å². The average Bonchev–Trinajstić information content (AvgIpc) is 2.96. The Morgan fingerprint density at radius 3 is 2.70 bits per heavy atom. The number of halogens is 2. The van der Waals surface area contributed by atoms with Crippen molar-refractivity contribution < 1.29 is 0 Å². The van der Waals surface area contributed by atoms with Gasteiger partial charge in [-0.3, -0.25) is 4.98 Å². The molecule has 0 saturated heterocycles. The Morgan fingerprint density at radius 1 is 1.25 bits per heavy atom. The van der Waals surface area contributed by atoms with Crippen LogP contribution in [0.5, 0.6) is 0 Å². The van der Waals surface area contributed by atoms with E-state index in [0.29, 0.717) is 10.6 Å². The summed E-state index contributed by atoms with van der Waals surface area (Å²) in [4.78, 5) is 12.3. The lowest BCUT2D eigenvalue weighted by Crippen LogP contribution is -2.03. The highest BCUT2D eigenvalue weighted by Gasteiger charge is 2.22. The van der Waals surface area contributed by atoms with Gasteiger partial charge in [-0.25, -0.2) is 4.98 Å². The van der Waals surface area contributed by atoms with Crippen molar-refractivity contribution in [3.05, 3.63) is 37.6 Å². The first-order valence-corrected chi connectivity index (χ1v) is 8.57. The maximum Gasteiger partial charge on any atom is 0.159 e. The molecule has 0 atom stereocenters. The van der Waals surface area contributed by atoms with E-state index in [4.69, 9.17) is 12.2 Å². The number of hydrogen-bond donors (Lipinski definition) is 1. The van der Waals surface area contributed by atoms with E-state index in [1.807, 2.05) is 12.1 Å². The molecule has 2 heterocycles. The first kappa shape index (κ1) is 14.4. The third kappa shape index (κ3) is 2.73. The number of nitrogens with zero attached hydrogens (tertiary/aromatic N) is 2. The van der Waals surface area contributed by atoms with E-state index in [-0.39, 0.29) is 0 Å². The number of aromatic amines is 1. The van der Waals surface area contributed by atoms with Crippen LogP contribution < -0.4 is 0 Å². The smallest absolute Gasteiger partial charge is 0.159 e. The van der Waals surface area contributed by atoms with Crippen LogP contribution >= 0.6 is 44.1 Å². The van der Waals surface area contributed by atoms with Crippen LogP contribution in [0, 0.1) is 4.64 Å². The molecule has 3 rings (SSSR count). The molecule has 0 bridgehead atoms. The second kappa shape index (κ2) is 6.03. The van der Waals surface area contributed by atoms with E-state index in [2.05, 4.69) is 46.8 Å². The molecule has 1 N–H and O–H groups in total. The summed E-state index contributed by atoms with van der Waals surface area (Å²) in [6.45, 7) is 0. The lowest BCUT2D eigenvalue weighted by atomic mass is 10.0. The number of pyridine rings is 1. The predicted molar refractivity (Wildman–Crippen MR) is 89.3 cm³/mol. The first-order chi connectivity index (χ1) is 9.66. The Morgan fingerprint density at radius 2 is 2.00 bits per heavy atom. The number of nitrogens with one attached hydrogen (secondary N) is 1. The molecule has 1 aliphatic rings. The summed E-state index contributed by atoms with van der Waals surface area (Å²) in [6.07, 6.45) is 6.73. The van der Waals surface area contributed by atoms with Crippen LogP contribution in [-0.2, 0) is 0 Å². The second-order valence-corrected chi connectivity index (χ2v) is 6.97. The zero-order valence-corrected chi connectivity index (χ0v) is 14.7. The Kier molecular flexibility index (Phi) is 4.33. The van der Waals surface area contributed by atoms with E-state index >= 15 is 0 Å². The number of hydrogen-bond acceptors (Lipinski definition) is 3. The molecule has 6 heteroatoms. The second-order valence-electron chi connectivity index (χ2n) is 4.93. The molecule has 104 valence electrons. The maximum absolute atomic E-state index is 5.39. The zero-order valence-electron chi connectivity index (χ0n) is 10.7. The van der Waals surface area contributed by atoms with Gasteiger partial charge in [0.15, 0.2) is 5.82 Å². The zero-order chi connectivity index (χ0) is 14.1. The van der Waals surface area contributed by atoms with Crippen molar-refractivity contribution in [3.63, 3.8) is 0 Å². The van der Waals surface area contributed by atoms with Crippen molar-refractivity contribution >= 4 is 44.1 Å². The third-order valence-corrected chi connectivity index (χ3v) is 5.64. The van der Waals surface area contributed by atoms with Crippen molar-refractivity contribution in [2.24, 2.45) is 0 Å². The molecule has 2 aromatic rings. The van der Waals surface area contributed by atoms with Gasteiger partial charge in [0.25, 0.3) is 0 Å². The summed E-state index contributed by atoms with van der Waals surface area (Å²) >= 11 is 12.5. The highest BCUT2D eigenvalue weighted by molar-refractivity contribution is 9.11. The Labute approximate surface area is 139 Å². The number of rotatable bonds is 2. The normalized spacial score (nSPS) is 15.7. The lowest BCUT2D eigenvalue weighted by molar-refractivity contribution is 0.689. The van der Waals surface area contributed by atoms with Crippen LogP contribution in [-0.4, -0.2) is 15.0 Å². The van der Waals surface area contributed by atoms with Crippen molar-refractivity contribution in [2.75, 3.05) is 0 Å². The average molecular weight is 415 g/mol. The molecular weight excluding hydrogens is 402 g/mol. The molecule has 20 heavy (non-hydrogen) atoms. The van der Waals surface area contributed by atoms with Gasteiger partial charge in [-0.15, -0.1) is 0 Å². The molecule has 1 aliphatic carbocycles. The lowest BCUT2D eigenvalue weighted by Gasteiger charge is -2.14. The molecular formula is C14H13Br2N3S. The van der Waals surface area contributed by atoms with Gasteiger partial charge < -0.3 is 4.98 Å². The summed E-state index contributed by atoms with van der Waals surface area (Å²) in [5, 5.41) is 0. The fourth-order valence-electron chi connectivity index (χ4n) is 2.64. The van der Waals surface area contributed by atoms with E-state index < -0.39 is 0 Å². The summed E-state index contributed by atoms with van der Waals surface area (Å²) in [6, 6.07) is 3.84. The van der Waals surface area contributed by atoms with E-state index in [1.54, 1.807) is 6.20 Å². The molecule has 0 radical (unpaired) electrons. The molecule has 1 fully saturated rings. The van der Waals surface area contributed by atoms with Crippen LogP contribution in [0.25, 0.3) is 11.5 Å². The van der Waals surface area contributed by atoms with Crippen molar-refractivity contribution in [2.45, 2.75) is 31.6 Å². The maximum atomic E-state index is 5.39. The highest BCUT2D eigenvalue weighted by atomic mass is 79.9. The highest BCUT2D eigenvalue weighted by Crippen LogP contribution is 2.37. The standard InChI is InChI=1S/C14H13Br2N3S/c15-9-6-3-7-17-12(9)13-18-11(8-4-1-2-5-8)10(16)14(20)19-13/h3,6-8H,1-2,4-5H2,(H,18,19,20). The van der Waals surface area contributed by atoms with Crippen LogP contribution in [0.3, 0.4) is 0 Å². The predicted octanol–water partition coefficient (Wildman–Crippen LogP) is 5.38. The molecule has 0 aromatic carbocycles. The van der Waals surface area contributed by atoms with Gasteiger partial charge in [-0.05, 0) is 56.8 Å². The van der Waals surface area contributed by atoms with E-state index in [9.17, 15) is 0 Å². The number of H-pyrrole nitrogens is 1. The van der Waals surface area contributed by atoms with Crippen molar-refractivity contribution in [1.29, 1.82) is 0 Å². The van der Waals surface area contributed by atoms with Gasteiger partial charge in [-0.1, -0.05) is 25.1 Å². The van der Waals surface area contributed by atoms with Crippen LogP contribution in [0.1, 0.15) is 37.3 Å². The summed E-state index contributed by atoms with van der Waals surface area (Å²) in [5.41, 5.74) is 1.96. The van der Waals surface area contributed by atoms with Gasteiger partial charge >= 0.3 is 0 Å². The van der Waals surface area contributed by atoms with Gasteiger partial charge in [0.2, 0.25) is 0 Å². The minimum Gasteiger partial charge on any atom is -0.340 e. The molecule has 2 aromatic heterocycles. The quantitative estimate of drug-likeness (QED) is 0.670. The Bertz CT molecular complexity index is 693. The van der Waals surface area contributed by atoms with Crippen LogP contribution in [0.15, 0.2) is 27.3 Å². The molecule has 0 aliphatic heterocycles. The summed E-state index contributed by atoms with van der Waals surface area (Å²) in [7, 11) is 0. The molecule has 1 saturated carbocycles. The minimum absolute atomic E-state index is 0.537. The summed E-state index contributed by atoms with van der Waals surface area (Å²) < 4.78 is 2.44. The fourth-order valence-corrected chi connectivity index (χ4v) is 3.80.